The van der Waals surface area contributed by atoms with Crippen LogP contribution in [0, 0.1) is 16.7 Å². The van der Waals surface area contributed by atoms with E-state index >= 15 is 0 Å². The Morgan fingerprint density at radius 2 is 1.34 bits per heavy atom. The molecule has 0 radical (unpaired) electrons. The van der Waals surface area contributed by atoms with Crippen molar-refractivity contribution in [1.82, 2.24) is 10.6 Å². The van der Waals surface area contributed by atoms with Gasteiger partial charge in [-0.2, -0.15) is 0 Å². The SMILES string of the molecule is CC(C)(C)CC(C)(C)NC(=O)c1ccc2c(c1)CCC(C(=O)NC(C)(C)CC(C)(C)C)C2. The molecule has 1 unspecified atom stereocenters. The Hall–Kier alpha value is -1.84. The first-order chi connectivity index (χ1) is 14.4. The van der Waals surface area contributed by atoms with Crippen LogP contribution in [0.4, 0.5) is 0 Å². The van der Waals surface area contributed by atoms with E-state index in [1.54, 1.807) is 0 Å². The molecular formula is C28H46N2O2. The van der Waals surface area contributed by atoms with E-state index in [0.717, 1.165) is 32.1 Å². The van der Waals surface area contributed by atoms with E-state index in [9.17, 15) is 9.59 Å². The van der Waals surface area contributed by atoms with Crippen LogP contribution < -0.4 is 10.6 Å². The predicted molar refractivity (Wildman–Crippen MR) is 134 cm³/mol. The fraction of sp³-hybridized carbons (Fsp3) is 0.714. The van der Waals surface area contributed by atoms with Gasteiger partial charge in [0.05, 0.1) is 0 Å². The molecule has 0 saturated heterocycles. The van der Waals surface area contributed by atoms with Crippen LogP contribution in [0.2, 0.25) is 0 Å². The van der Waals surface area contributed by atoms with Crippen LogP contribution in [-0.2, 0) is 17.6 Å². The summed E-state index contributed by atoms with van der Waals surface area (Å²) in [6.07, 6.45) is 4.23. The van der Waals surface area contributed by atoms with E-state index in [1.807, 2.05) is 18.2 Å². The summed E-state index contributed by atoms with van der Waals surface area (Å²) in [4.78, 5) is 25.9. The van der Waals surface area contributed by atoms with Crippen molar-refractivity contribution in [1.29, 1.82) is 0 Å². The molecular weight excluding hydrogens is 396 g/mol. The topological polar surface area (TPSA) is 58.2 Å². The van der Waals surface area contributed by atoms with Gasteiger partial charge >= 0.3 is 0 Å². The largest absolute Gasteiger partial charge is 0.351 e. The summed E-state index contributed by atoms with van der Waals surface area (Å²) in [5.74, 6) is 0.119. The Bertz CT molecular complexity index is 838. The summed E-state index contributed by atoms with van der Waals surface area (Å²) in [6.45, 7) is 21.6. The molecule has 2 rings (SSSR count). The molecule has 0 aliphatic heterocycles. The van der Waals surface area contributed by atoms with Crippen molar-refractivity contribution in [3.8, 4) is 0 Å². The number of carbonyl (C=O) groups excluding carboxylic acids is 2. The summed E-state index contributed by atoms with van der Waals surface area (Å²) in [7, 11) is 0. The molecule has 0 spiro atoms. The van der Waals surface area contributed by atoms with Crippen molar-refractivity contribution in [2.45, 2.75) is 112 Å². The number of benzene rings is 1. The predicted octanol–water partition coefficient (Wildman–Crippen LogP) is 6.07. The zero-order valence-electron chi connectivity index (χ0n) is 22.2. The van der Waals surface area contributed by atoms with Crippen molar-refractivity contribution in [2.24, 2.45) is 16.7 Å². The Kier molecular flexibility index (Phi) is 7.59. The quantitative estimate of drug-likeness (QED) is 0.562. The highest BCUT2D eigenvalue weighted by atomic mass is 16.2. The van der Waals surface area contributed by atoms with Gasteiger partial charge in [0.25, 0.3) is 5.91 Å². The number of amides is 2. The van der Waals surface area contributed by atoms with Crippen LogP contribution in [0.3, 0.4) is 0 Å². The maximum absolute atomic E-state index is 13.0. The van der Waals surface area contributed by atoms with Gasteiger partial charge in [-0.05, 0) is 93.9 Å². The number of nitrogens with one attached hydrogen (secondary N) is 2. The smallest absolute Gasteiger partial charge is 0.251 e. The molecule has 1 aliphatic carbocycles. The third-order valence-corrected chi connectivity index (χ3v) is 5.93. The van der Waals surface area contributed by atoms with Gasteiger partial charge in [-0.1, -0.05) is 47.6 Å². The summed E-state index contributed by atoms with van der Waals surface area (Å²) in [5.41, 5.74) is 2.91. The fourth-order valence-electron chi connectivity index (χ4n) is 5.68. The van der Waals surface area contributed by atoms with Crippen LogP contribution in [0.5, 0.6) is 0 Å². The van der Waals surface area contributed by atoms with Crippen molar-refractivity contribution in [2.75, 3.05) is 0 Å². The molecule has 0 heterocycles. The van der Waals surface area contributed by atoms with Gasteiger partial charge in [0.15, 0.2) is 0 Å². The van der Waals surface area contributed by atoms with Crippen LogP contribution >= 0.6 is 0 Å². The molecule has 0 fully saturated rings. The van der Waals surface area contributed by atoms with Gasteiger partial charge < -0.3 is 10.6 Å². The van der Waals surface area contributed by atoms with E-state index < -0.39 is 0 Å². The second kappa shape index (κ2) is 9.19. The summed E-state index contributed by atoms with van der Waals surface area (Å²) < 4.78 is 0. The van der Waals surface area contributed by atoms with Gasteiger partial charge in [-0.3, -0.25) is 9.59 Å². The highest BCUT2D eigenvalue weighted by molar-refractivity contribution is 5.95. The maximum atomic E-state index is 13.0. The molecule has 2 amide bonds. The molecule has 1 atom stereocenters. The van der Waals surface area contributed by atoms with Crippen molar-refractivity contribution in [3.63, 3.8) is 0 Å². The normalized spacial score (nSPS) is 17.5. The molecule has 4 nitrogen and oxygen atoms in total. The third-order valence-electron chi connectivity index (χ3n) is 5.93. The standard InChI is InChI=1S/C28H46N2O2/c1-25(2,3)17-27(7,8)29-23(31)21-13-11-20-16-22(14-12-19(20)15-21)24(32)30-28(9,10)18-26(4,5)6/h11,13,15,22H,12,14,16-18H2,1-10H3,(H,29,31)(H,30,32). The van der Waals surface area contributed by atoms with Crippen LogP contribution in [0.25, 0.3) is 0 Å². The monoisotopic (exact) mass is 442 g/mol. The van der Waals surface area contributed by atoms with E-state index in [0.29, 0.717) is 5.56 Å². The molecule has 1 aliphatic rings. The maximum Gasteiger partial charge on any atom is 0.251 e. The zero-order valence-corrected chi connectivity index (χ0v) is 22.2. The molecule has 1 aromatic rings. The average molecular weight is 443 g/mol. The highest BCUT2D eigenvalue weighted by Crippen LogP contribution is 2.31. The first-order valence-corrected chi connectivity index (χ1v) is 12.1. The molecule has 32 heavy (non-hydrogen) atoms. The highest BCUT2D eigenvalue weighted by Gasteiger charge is 2.32. The van der Waals surface area contributed by atoms with E-state index in [-0.39, 0.29) is 39.6 Å². The van der Waals surface area contributed by atoms with Crippen LogP contribution in [0.15, 0.2) is 18.2 Å². The van der Waals surface area contributed by atoms with Crippen LogP contribution in [-0.4, -0.2) is 22.9 Å². The Morgan fingerprint density at radius 3 is 1.88 bits per heavy atom. The fourth-order valence-corrected chi connectivity index (χ4v) is 5.68. The second-order valence-electron chi connectivity index (χ2n) is 13.6. The number of fused-ring (bicyclic) bond motifs is 1. The van der Waals surface area contributed by atoms with Crippen molar-refractivity contribution in [3.05, 3.63) is 34.9 Å². The molecule has 4 heteroatoms. The third kappa shape index (κ3) is 8.26. The Labute approximate surface area is 196 Å². The van der Waals surface area contributed by atoms with Gasteiger partial charge in [0.2, 0.25) is 5.91 Å². The Balaban J connectivity index is 2.04. The molecule has 0 aromatic heterocycles. The van der Waals surface area contributed by atoms with Gasteiger partial charge in [-0.15, -0.1) is 0 Å². The number of carbonyl (C=O) groups is 2. The molecule has 180 valence electrons. The average Bonchev–Trinajstić information content (AvgIpc) is 2.55. The zero-order chi connectivity index (χ0) is 24.5. The number of rotatable bonds is 6. The minimum atomic E-state index is -0.270. The summed E-state index contributed by atoms with van der Waals surface area (Å²) in [6, 6.07) is 5.97. The lowest BCUT2D eigenvalue weighted by molar-refractivity contribution is -0.127. The number of hydrogen-bond donors (Lipinski definition) is 2. The van der Waals surface area contributed by atoms with Crippen molar-refractivity contribution >= 4 is 11.8 Å². The van der Waals surface area contributed by atoms with E-state index in [4.69, 9.17) is 0 Å². The minimum absolute atomic E-state index is 0.00728. The molecule has 2 N–H and O–H groups in total. The lowest BCUT2D eigenvalue weighted by atomic mass is 9.79. The Morgan fingerprint density at radius 1 is 0.812 bits per heavy atom. The number of aryl methyl sites for hydroxylation is 1. The first kappa shape index (κ1) is 26.4. The van der Waals surface area contributed by atoms with Gasteiger partial charge in [0, 0.05) is 22.6 Å². The van der Waals surface area contributed by atoms with Gasteiger partial charge in [-0.25, -0.2) is 0 Å². The lowest BCUT2D eigenvalue weighted by Crippen LogP contribution is -2.49. The molecule has 0 saturated carbocycles. The summed E-state index contributed by atoms with van der Waals surface area (Å²) in [5, 5.41) is 6.49. The number of hydrogen-bond acceptors (Lipinski definition) is 2. The van der Waals surface area contributed by atoms with Crippen molar-refractivity contribution < 1.29 is 9.59 Å². The molecule has 1 aromatic carbocycles. The van der Waals surface area contributed by atoms with E-state index in [1.165, 1.54) is 11.1 Å². The first-order valence-electron chi connectivity index (χ1n) is 12.1. The van der Waals surface area contributed by atoms with Crippen LogP contribution in [0.1, 0.15) is 110 Å². The summed E-state index contributed by atoms with van der Waals surface area (Å²) >= 11 is 0. The lowest BCUT2D eigenvalue weighted by Gasteiger charge is -2.35. The van der Waals surface area contributed by atoms with Gasteiger partial charge in [0.1, 0.15) is 0 Å². The van der Waals surface area contributed by atoms with E-state index in [2.05, 4.69) is 79.9 Å². The minimum Gasteiger partial charge on any atom is -0.351 e. The molecule has 0 bridgehead atoms. The second-order valence-corrected chi connectivity index (χ2v) is 13.6.